The number of halogens is 2. The first-order valence-electron chi connectivity index (χ1n) is 13.4. The predicted octanol–water partition coefficient (Wildman–Crippen LogP) is 5.23. The van der Waals surface area contributed by atoms with Crippen LogP contribution in [-0.4, -0.2) is 0 Å². The van der Waals surface area contributed by atoms with Crippen molar-refractivity contribution >= 4 is 54.9 Å². The maximum atomic E-state index is 2.27. The molecular weight excluding hydrogens is 651 g/mol. The van der Waals surface area contributed by atoms with Crippen LogP contribution >= 0.6 is 11.8 Å². The largest absolute Gasteiger partial charge is 4.00 e. The molecule has 8 aromatic rings. The molecule has 0 saturated heterocycles. The number of hydrogen-bond acceptors (Lipinski definition) is 1. The Kier molecular flexibility index (Phi) is 9.12. The van der Waals surface area contributed by atoms with Crippen molar-refractivity contribution in [2.24, 2.45) is 0 Å². The van der Waals surface area contributed by atoms with Crippen LogP contribution in [-0.2, 0) is 26.2 Å². The smallest absolute Gasteiger partial charge is 1.00 e. The summed E-state index contributed by atoms with van der Waals surface area (Å²) in [6.07, 6.45) is 0. The first-order chi connectivity index (χ1) is 19.3. The first kappa shape index (κ1) is 30.3. The van der Waals surface area contributed by atoms with Gasteiger partial charge in [-0.2, -0.15) is 29.7 Å². The monoisotopic (exact) mass is 672 g/mol. The fourth-order valence-electron chi connectivity index (χ4n) is 5.98. The summed E-state index contributed by atoms with van der Waals surface area (Å²) < 4.78 is 0. The maximum Gasteiger partial charge on any atom is 4.00 e. The van der Waals surface area contributed by atoms with Gasteiger partial charge in [0.25, 0.3) is 0 Å². The minimum Gasteiger partial charge on any atom is -1.00 e. The number of hydrogen-bond donors (Lipinski definition) is 0. The van der Waals surface area contributed by atoms with E-state index in [1.54, 1.807) is 0 Å². The van der Waals surface area contributed by atoms with Crippen molar-refractivity contribution in [3.63, 3.8) is 0 Å². The minimum absolute atomic E-state index is 0. The molecule has 0 fully saturated rings. The molecule has 0 aliphatic carbocycles. The summed E-state index contributed by atoms with van der Waals surface area (Å²) in [6.45, 7) is 0. The van der Waals surface area contributed by atoms with E-state index in [4.69, 9.17) is 0 Å². The summed E-state index contributed by atoms with van der Waals surface area (Å²) in [6, 6.07) is 52.5. The van der Waals surface area contributed by atoms with Gasteiger partial charge in [0.1, 0.15) is 0 Å². The Morgan fingerprint density at radius 3 is 2.02 bits per heavy atom. The first-order valence-corrected chi connectivity index (χ1v) is 14.2. The zero-order chi connectivity index (χ0) is 25.8. The second-order valence-corrected chi connectivity index (χ2v) is 11.2. The van der Waals surface area contributed by atoms with Gasteiger partial charge in [-0.05, 0) is 54.8 Å². The van der Waals surface area contributed by atoms with Gasteiger partial charge in [-0.3, -0.25) is 0 Å². The van der Waals surface area contributed by atoms with Gasteiger partial charge in [-0.25, -0.2) is 0 Å². The Hall–Kier alpha value is -3.13. The average Bonchev–Trinajstić information content (AvgIpc) is 3.61. The van der Waals surface area contributed by atoms with E-state index in [0.717, 1.165) is 0 Å². The molecule has 2 heterocycles. The Morgan fingerprint density at radius 2 is 1.14 bits per heavy atom. The van der Waals surface area contributed by atoms with Gasteiger partial charge in [-0.15, -0.1) is 40.4 Å². The van der Waals surface area contributed by atoms with Gasteiger partial charge >= 0.3 is 26.2 Å². The Morgan fingerprint density at radius 1 is 0.452 bits per heavy atom. The van der Waals surface area contributed by atoms with E-state index < -0.39 is 0 Å². The molecule has 42 heavy (non-hydrogen) atoms. The van der Waals surface area contributed by atoms with Gasteiger partial charge in [0.05, 0.1) is 0 Å². The number of benzene rings is 6. The molecule has 0 saturated carbocycles. The number of rotatable bonds is 1. The van der Waals surface area contributed by atoms with Crippen molar-refractivity contribution in [1.29, 1.82) is 0 Å². The molecule has 200 valence electrons. The van der Waals surface area contributed by atoms with E-state index in [2.05, 4.69) is 146 Å². The van der Waals surface area contributed by atoms with E-state index >= 15 is 0 Å². The van der Waals surface area contributed by atoms with Crippen LogP contribution < -0.4 is 24.8 Å². The minimum atomic E-state index is 0. The fraction of sp³-hybridized carbons (Fsp3) is 0. The fourth-order valence-corrected chi connectivity index (χ4v) is 7.21. The Balaban J connectivity index is 0.000000157. The van der Waals surface area contributed by atoms with Gasteiger partial charge in [-0.1, -0.05) is 103 Å². The zero-order valence-electron chi connectivity index (χ0n) is 22.5. The van der Waals surface area contributed by atoms with Gasteiger partial charge < -0.3 is 24.8 Å². The molecule has 0 atom stereocenters. The van der Waals surface area contributed by atoms with E-state index in [0.29, 0.717) is 0 Å². The van der Waals surface area contributed by atoms with E-state index in [1.165, 1.54) is 75.1 Å². The van der Waals surface area contributed by atoms with Crippen LogP contribution in [0.3, 0.4) is 0 Å². The van der Waals surface area contributed by atoms with Gasteiger partial charge in [0.15, 0.2) is 0 Å². The van der Waals surface area contributed by atoms with E-state index in [1.807, 2.05) is 11.8 Å². The van der Waals surface area contributed by atoms with Crippen LogP contribution in [0.5, 0.6) is 0 Å². The van der Waals surface area contributed by atoms with Crippen molar-refractivity contribution in [3.05, 3.63) is 146 Å². The molecule has 0 N–H and O–H groups in total. The molecule has 4 heteroatoms. The molecule has 8 aromatic carbocycles. The van der Waals surface area contributed by atoms with Crippen molar-refractivity contribution < 1.29 is 51.0 Å². The van der Waals surface area contributed by atoms with Crippen LogP contribution in [0, 0.1) is 0 Å². The van der Waals surface area contributed by atoms with Crippen LogP contribution in [0.15, 0.2) is 155 Å². The molecule has 0 spiro atoms. The molecule has 10 rings (SSSR count). The van der Waals surface area contributed by atoms with E-state index in [9.17, 15) is 0 Å². The third kappa shape index (κ3) is 5.16. The number of fused-ring (bicyclic) bond motifs is 4. The summed E-state index contributed by atoms with van der Waals surface area (Å²) in [4.78, 5) is 2.76. The zero-order valence-corrected chi connectivity index (χ0v) is 27.3. The molecular formula is C38H24Cl2SZr. The molecule has 0 aromatic heterocycles. The molecule has 0 radical (unpaired) electrons. The quantitative estimate of drug-likeness (QED) is 0.215. The van der Waals surface area contributed by atoms with Crippen LogP contribution in [0.4, 0.5) is 0 Å². The molecule has 0 amide bonds. The molecule has 2 aliphatic rings. The molecule has 2 aliphatic heterocycles. The Bertz CT molecular complexity index is 2170. The third-order valence-corrected chi connectivity index (χ3v) is 9.11. The summed E-state index contributed by atoms with van der Waals surface area (Å²) in [5, 5.41) is 10.7. The SMILES string of the molecule is [Cl-].[Cl-].[Zr+4].c1ccc2c(-c3ccc4[cH-]ccc4c3)cccc2c1.c1ccc2c3ccc(c2c1)Sc1c-3ccc2[cH-]ccc12. The summed E-state index contributed by atoms with van der Waals surface area (Å²) >= 11 is 1.91. The van der Waals surface area contributed by atoms with Crippen molar-refractivity contribution in [3.8, 4) is 22.3 Å². The third-order valence-electron chi connectivity index (χ3n) is 7.89. The van der Waals surface area contributed by atoms with Crippen LogP contribution in [0.2, 0.25) is 0 Å². The summed E-state index contributed by atoms with van der Waals surface area (Å²) in [5.74, 6) is 0. The maximum absolute atomic E-state index is 2.27. The summed E-state index contributed by atoms with van der Waals surface area (Å²) in [5.41, 5.74) is 5.31. The van der Waals surface area contributed by atoms with Gasteiger partial charge in [0, 0.05) is 4.90 Å². The molecule has 2 bridgehead atoms. The van der Waals surface area contributed by atoms with Crippen molar-refractivity contribution in [2.75, 3.05) is 0 Å². The second-order valence-electron chi connectivity index (χ2n) is 10.1. The second kappa shape index (κ2) is 12.6. The van der Waals surface area contributed by atoms with Crippen molar-refractivity contribution in [2.45, 2.75) is 9.79 Å². The van der Waals surface area contributed by atoms with E-state index in [-0.39, 0.29) is 51.0 Å². The predicted molar refractivity (Wildman–Crippen MR) is 169 cm³/mol. The van der Waals surface area contributed by atoms with Gasteiger partial charge in [0.2, 0.25) is 0 Å². The topological polar surface area (TPSA) is 0 Å². The average molecular weight is 675 g/mol. The van der Waals surface area contributed by atoms with Crippen molar-refractivity contribution in [1.82, 2.24) is 0 Å². The van der Waals surface area contributed by atoms with Crippen LogP contribution in [0.25, 0.3) is 65.3 Å². The molecule has 0 nitrogen and oxygen atoms in total. The Labute approximate surface area is 281 Å². The van der Waals surface area contributed by atoms with Crippen LogP contribution in [0.1, 0.15) is 0 Å². The normalized spacial score (nSPS) is 11.1. The molecule has 0 unspecified atom stereocenters. The standard InChI is InChI=1S/C19H11S.C19H13.2ClH.Zr/c1-2-6-16-14(5-1)15-10-11-18(16)20-19-13-7-3-4-12(13)8-9-17(15)19;1-2-9-18-15(5-1)7-4-10-19(18)17-12-11-14-6-3-8-16(14)13-17;;;/h1-11H;1-13H;2*1H;/q2*-1;;;+4/p-2. The summed E-state index contributed by atoms with van der Waals surface area (Å²) in [7, 11) is 0.